The third-order valence-electron chi connectivity index (χ3n) is 10.8. The molecule has 320 valence electrons. The van der Waals surface area contributed by atoms with Gasteiger partial charge in [-0.05, 0) is 25.2 Å². The van der Waals surface area contributed by atoms with Crippen molar-refractivity contribution in [2.45, 2.75) is 271 Å². The Morgan fingerprint density at radius 3 is 0.907 bits per heavy atom. The molecule has 0 saturated carbocycles. The van der Waals surface area contributed by atoms with Crippen molar-refractivity contribution in [3.8, 4) is 0 Å². The van der Waals surface area contributed by atoms with Crippen molar-refractivity contribution >= 4 is 17.9 Å². The maximum Gasteiger partial charge on any atom is 0.306 e. The molecule has 0 aromatic heterocycles. The second-order valence-corrected chi connectivity index (χ2v) is 16.9. The van der Waals surface area contributed by atoms with Gasteiger partial charge in [-0.3, -0.25) is 14.4 Å². The van der Waals surface area contributed by atoms with Crippen LogP contribution in [0.15, 0.2) is 0 Å². The molecule has 0 radical (unpaired) electrons. The van der Waals surface area contributed by atoms with Gasteiger partial charge in [-0.1, -0.05) is 227 Å². The number of hydrogen-bond acceptors (Lipinski definition) is 6. The molecular formula is C48H92O6. The first-order valence-corrected chi connectivity index (χ1v) is 23.9. The highest BCUT2D eigenvalue weighted by molar-refractivity contribution is 5.71. The third-order valence-corrected chi connectivity index (χ3v) is 10.8. The van der Waals surface area contributed by atoms with Crippen molar-refractivity contribution < 1.29 is 28.6 Å². The van der Waals surface area contributed by atoms with Gasteiger partial charge in [-0.2, -0.15) is 0 Å². The largest absolute Gasteiger partial charge is 0.462 e. The quantitative estimate of drug-likeness (QED) is 0.0349. The zero-order valence-corrected chi connectivity index (χ0v) is 36.7. The molecule has 0 rings (SSSR count). The SMILES string of the molecule is CCCCCCCCCCCCCCC(=O)O[C@@H](COC(=O)CCCCCCCCCCC)COC(=O)CCCCCCCCCCCCCCC(C)C. The monoisotopic (exact) mass is 765 g/mol. The van der Waals surface area contributed by atoms with E-state index in [2.05, 4.69) is 27.7 Å². The fraction of sp³-hybridized carbons (Fsp3) is 0.938. The lowest BCUT2D eigenvalue weighted by atomic mass is 10.0. The summed E-state index contributed by atoms with van der Waals surface area (Å²) in [5.41, 5.74) is 0. The molecule has 54 heavy (non-hydrogen) atoms. The average molecular weight is 765 g/mol. The lowest BCUT2D eigenvalue weighted by Gasteiger charge is -2.18. The van der Waals surface area contributed by atoms with Crippen LogP contribution in [-0.2, 0) is 28.6 Å². The molecule has 0 spiro atoms. The summed E-state index contributed by atoms with van der Waals surface area (Å²) in [4.78, 5) is 37.7. The molecule has 0 N–H and O–H groups in total. The summed E-state index contributed by atoms with van der Waals surface area (Å²) in [5.74, 6) is -0.0189. The van der Waals surface area contributed by atoms with Gasteiger partial charge in [0.15, 0.2) is 6.10 Å². The van der Waals surface area contributed by atoms with Gasteiger partial charge in [0.1, 0.15) is 13.2 Å². The minimum Gasteiger partial charge on any atom is -0.462 e. The van der Waals surface area contributed by atoms with Crippen LogP contribution in [0.5, 0.6) is 0 Å². The Labute approximate surface area is 336 Å². The van der Waals surface area contributed by atoms with Crippen LogP contribution in [0.25, 0.3) is 0 Å². The summed E-state index contributed by atoms with van der Waals surface area (Å²) in [7, 11) is 0. The molecule has 0 heterocycles. The second-order valence-electron chi connectivity index (χ2n) is 16.9. The smallest absolute Gasteiger partial charge is 0.306 e. The van der Waals surface area contributed by atoms with Gasteiger partial charge >= 0.3 is 17.9 Å². The predicted molar refractivity (Wildman–Crippen MR) is 229 cm³/mol. The highest BCUT2D eigenvalue weighted by Gasteiger charge is 2.19. The lowest BCUT2D eigenvalue weighted by Crippen LogP contribution is -2.30. The Balaban J connectivity index is 4.28. The van der Waals surface area contributed by atoms with Gasteiger partial charge in [0, 0.05) is 19.3 Å². The maximum atomic E-state index is 12.7. The number of unbranched alkanes of at least 4 members (excludes halogenated alkanes) is 30. The van der Waals surface area contributed by atoms with Crippen molar-refractivity contribution in [1.29, 1.82) is 0 Å². The number of rotatable bonds is 43. The average Bonchev–Trinajstić information content (AvgIpc) is 3.15. The Kier molecular flexibility index (Phi) is 41.3. The molecule has 0 aliphatic rings. The number of carbonyl (C=O) groups excluding carboxylic acids is 3. The van der Waals surface area contributed by atoms with Crippen LogP contribution in [0.4, 0.5) is 0 Å². The predicted octanol–water partition coefficient (Wildman–Crippen LogP) is 15.1. The van der Waals surface area contributed by atoms with Crippen LogP contribution in [0.2, 0.25) is 0 Å². The molecule has 0 fully saturated rings. The third kappa shape index (κ3) is 41.6. The number of esters is 3. The molecule has 0 saturated heterocycles. The van der Waals surface area contributed by atoms with E-state index in [0.717, 1.165) is 63.7 Å². The van der Waals surface area contributed by atoms with Gasteiger partial charge < -0.3 is 14.2 Å². The van der Waals surface area contributed by atoms with Gasteiger partial charge in [-0.15, -0.1) is 0 Å². The minimum absolute atomic E-state index is 0.0634. The lowest BCUT2D eigenvalue weighted by molar-refractivity contribution is -0.167. The fourth-order valence-corrected chi connectivity index (χ4v) is 7.16. The summed E-state index contributed by atoms with van der Waals surface area (Å²) in [6.07, 6.45) is 42.3. The summed E-state index contributed by atoms with van der Waals surface area (Å²) < 4.78 is 16.7. The number of hydrogen-bond donors (Lipinski definition) is 0. The maximum absolute atomic E-state index is 12.7. The summed E-state index contributed by atoms with van der Waals surface area (Å²) in [6.45, 7) is 8.99. The first kappa shape index (κ1) is 52.4. The van der Waals surface area contributed by atoms with Gasteiger partial charge in [0.2, 0.25) is 0 Å². The number of ether oxygens (including phenoxy) is 3. The van der Waals surface area contributed by atoms with E-state index < -0.39 is 6.10 Å². The second kappa shape index (κ2) is 42.6. The molecule has 0 amide bonds. The minimum atomic E-state index is -0.758. The van der Waals surface area contributed by atoms with E-state index in [9.17, 15) is 14.4 Å². The van der Waals surface area contributed by atoms with Crippen molar-refractivity contribution in [3.63, 3.8) is 0 Å². The Morgan fingerprint density at radius 1 is 0.352 bits per heavy atom. The molecule has 6 heteroatoms. The zero-order valence-electron chi connectivity index (χ0n) is 36.7. The molecule has 1 atom stereocenters. The van der Waals surface area contributed by atoms with Gasteiger partial charge in [-0.25, -0.2) is 0 Å². The molecule has 0 aromatic rings. The van der Waals surface area contributed by atoms with Gasteiger partial charge in [0.05, 0.1) is 0 Å². The zero-order chi connectivity index (χ0) is 39.6. The highest BCUT2D eigenvalue weighted by Crippen LogP contribution is 2.16. The molecule has 0 aliphatic heterocycles. The van der Waals surface area contributed by atoms with E-state index in [-0.39, 0.29) is 31.1 Å². The summed E-state index contributed by atoms with van der Waals surface area (Å²) in [6, 6.07) is 0. The molecule has 6 nitrogen and oxygen atoms in total. The molecule has 0 bridgehead atoms. The molecular weight excluding hydrogens is 673 g/mol. The normalized spacial score (nSPS) is 11.9. The molecule has 0 unspecified atom stereocenters. The standard InChI is InChI=1S/C48H92O6/c1-5-7-9-11-13-15-16-20-25-29-33-37-41-48(51)54-45(42-52-46(49)39-35-31-27-22-14-12-10-8-6-2)43-53-47(50)40-36-32-28-24-21-18-17-19-23-26-30-34-38-44(3)4/h44-45H,5-43H2,1-4H3/t45-/m0/s1. The van der Waals surface area contributed by atoms with E-state index in [1.807, 2.05) is 0 Å². The highest BCUT2D eigenvalue weighted by atomic mass is 16.6. The Hall–Kier alpha value is -1.59. The first-order valence-electron chi connectivity index (χ1n) is 23.9. The van der Waals surface area contributed by atoms with Gasteiger partial charge in [0.25, 0.3) is 0 Å². The molecule has 0 aromatic carbocycles. The van der Waals surface area contributed by atoms with E-state index in [1.54, 1.807) is 0 Å². The van der Waals surface area contributed by atoms with Crippen LogP contribution in [0, 0.1) is 5.92 Å². The Bertz CT molecular complexity index is 811. The van der Waals surface area contributed by atoms with Crippen molar-refractivity contribution in [3.05, 3.63) is 0 Å². The fourth-order valence-electron chi connectivity index (χ4n) is 7.16. The van der Waals surface area contributed by atoms with Crippen molar-refractivity contribution in [2.24, 2.45) is 5.92 Å². The topological polar surface area (TPSA) is 78.9 Å². The molecule has 0 aliphatic carbocycles. The van der Waals surface area contributed by atoms with Crippen LogP contribution < -0.4 is 0 Å². The van der Waals surface area contributed by atoms with E-state index in [4.69, 9.17) is 14.2 Å². The Morgan fingerprint density at radius 2 is 0.611 bits per heavy atom. The van der Waals surface area contributed by atoms with Crippen molar-refractivity contribution in [2.75, 3.05) is 13.2 Å². The van der Waals surface area contributed by atoms with Crippen LogP contribution >= 0.6 is 0 Å². The van der Waals surface area contributed by atoms with Crippen molar-refractivity contribution in [1.82, 2.24) is 0 Å². The summed E-state index contributed by atoms with van der Waals surface area (Å²) >= 11 is 0. The summed E-state index contributed by atoms with van der Waals surface area (Å²) in [5, 5.41) is 0. The number of carbonyl (C=O) groups is 3. The van der Waals surface area contributed by atoms with Crippen LogP contribution in [0.1, 0.15) is 265 Å². The first-order chi connectivity index (χ1) is 26.4. The van der Waals surface area contributed by atoms with Crippen LogP contribution in [-0.4, -0.2) is 37.2 Å². The van der Waals surface area contributed by atoms with E-state index >= 15 is 0 Å². The van der Waals surface area contributed by atoms with E-state index in [1.165, 1.54) is 161 Å². The van der Waals surface area contributed by atoms with Crippen LogP contribution in [0.3, 0.4) is 0 Å². The van der Waals surface area contributed by atoms with E-state index in [0.29, 0.717) is 19.3 Å².